The molecule has 1 aromatic carbocycles. The van der Waals surface area contributed by atoms with Gasteiger partial charge in [-0.3, -0.25) is 9.54 Å². The standard InChI is InChI=1S/C19H18N8O4.C8H11NO3S/c1-29-13-4-2-3-5-14(13)31-15-16(20)22-17(23-19(15)30-9-8-28)11-6-7-21-12(10-11)18-24-26-27-25-18;1-6(2)7-3-4-8(9-5-7)13(10,11)12/h2-7,10,28H,8-9H2,1H3,(H2,20,22,23)(H,24,25,26,27);3-6H,1-2H3,(H,10,11,12). The number of nitrogens with two attached hydrogens (primary N) is 1. The van der Waals surface area contributed by atoms with Crippen LogP contribution in [0.1, 0.15) is 25.3 Å². The van der Waals surface area contributed by atoms with Crippen molar-refractivity contribution in [2.45, 2.75) is 24.8 Å². The summed E-state index contributed by atoms with van der Waals surface area (Å²) < 4.78 is 46.6. The smallest absolute Gasteiger partial charge is 0.312 e. The Morgan fingerprint density at radius 1 is 1.02 bits per heavy atom. The highest BCUT2D eigenvalue weighted by molar-refractivity contribution is 7.85. The maximum Gasteiger partial charge on any atom is 0.312 e. The first-order valence-corrected chi connectivity index (χ1v) is 14.4. The number of hydrogen-bond acceptors (Lipinski definition) is 14. The molecule has 17 heteroatoms. The lowest BCUT2D eigenvalue weighted by molar-refractivity contribution is 0.192. The zero-order chi connectivity index (χ0) is 31.7. The summed E-state index contributed by atoms with van der Waals surface area (Å²) in [7, 11) is -2.63. The molecular formula is C27H29N9O7S. The molecule has 44 heavy (non-hydrogen) atoms. The molecule has 0 unspecified atom stereocenters. The lowest BCUT2D eigenvalue weighted by Crippen LogP contribution is -2.08. The molecule has 0 amide bonds. The van der Waals surface area contributed by atoms with Crippen molar-refractivity contribution >= 4 is 15.9 Å². The van der Waals surface area contributed by atoms with E-state index in [1.807, 2.05) is 19.9 Å². The predicted octanol–water partition coefficient (Wildman–Crippen LogP) is 2.92. The van der Waals surface area contributed by atoms with Gasteiger partial charge in [0.05, 0.1) is 13.7 Å². The summed E-state index contributed by atoms with van der Waals surface area (Å²) in [5, 5.41) is 22.6. The Balaban J connectivity index is 0.000000285. The van der Waals surface area contributed by atoms with Crippen LogP contribution in [-0.2, 0) is 10.1 Å². The topological polar surface area (TPSA) is 234 Å². The lowest BCUT2D eigenvalue weighted by Gasteiger charge is -2.15. The van der Waals surface area contributed by atoms with E-state index in [2.05, 4.69) is 40.6 Å². The molecule has 5 N–H and O–H groups in total. The van der Waals surface area contributed by atoms with E-state index in [-0.39, 0.29) is 41.5 Å². The minimum atomic E-state index is -4.16. The highest BCUT2D eigenvalue weighted by Gasteiger charge is 2.20. The van der Waals surface area contributed by atoms with Crippen LogP contribution in [-0.4, -0.2) is 79.0 Å². The largest absolute Gasteiger partial charge is 0.493 e. The van der Waals surface area contributed by atoms with Gasteiger partial charge in [-0.25, -0.2) is 9.97 Å². The Kier molecular flexibility index (Phi) is 10.3. The first kappa shape index (κ1) is 31.7. The number of anilines is 1. The van der Waals surface area contributed by atoms with Gasteiger partial charge >= 0.3 is 10.1 Å². The van der Waals surface area contributed by atoms with E-state index in [0.29, 0.717) is 34.5 Å². The minimum absolute atomic E-state index is 0.0113. The molecular weight excluding hydrogens is 594 g/mol. The quantitative estimate of drug-likeness (QED) is 0.164. The van der Waals surface area contributed by atoms with Crippen LogP contribution in [0.3, 0.4) is 0 Å². The van der Waals surface area contributed by atoms with Gasteiger partial charge in [0, 0.05) is 18.0 Å². The molecule has 0 saturated carbocycles. The fourth-order valence-electron chi connectivity index (χ4n) is 3.57. The SMILES string of the molecule is CC(C)c1ccc(S(=O)(=O)O)nc1.COc1ccccc1Oc1c(N)nc(-c2ccnc(-c3nn[nH]n3)c2)nc1OCCO. The molecule has 0 radical (unpaired) electrons. The van der Waals surface area contributed by atoms with E-state index in [0.717, 1.165) is 5.56 Å². The van der Waals surface area contributed by atoms with E-state index >= 15 is 0 Å². The number of aromatic amines is 1. The van der Waals surface area contributed by atoms with Gasteiger partial charge in [-0.15, -0.1) is 10.2 Å². The summed E-state index contributed by atoms with van der Waals surface area (Å²) >= 11 is 0. The van der Waals surface area contributed by atoms with E-state index in [1.165, 1.54) is 19.4 Å². The summed E-state index contributed by atoms with van der Waals surface area (Å²) in [6, 6.07) is 13.4. The van der Waals surface area contributed by atoms with Crippen molar-refractivity contribution in [1.82, 2.24) is 40.6 Å². The highest BCUT2D eigenvalue weighted by Crippen LogP contribution is 2.39. The number of H-pyrrole nitrogens is 1. The molecule has 0 aliphatic carbocycles. The Morgan fingerprint density at radius 3 is 2.41 bits per heavy atom. The maximum atomic E-state index is 10.6. The second-order valence-electron chi connectivity index (χ2n) is 9.12. The molecule has 5 rings (SSSR count). The molecule has 4 heterocycles. The number of nitrogens with zero attached hydrogens (tertiary/aromatic N) is 7. The fraction of sp³-hybridized carbons (Fsp3) is 0.222. The van der Waals surface area contributed by atoms with Gasteiger partial charge in [-0.05, 0) is 47.0 Å². The molecule has 230 valence electrons. The summed E-state index contributed by atoms with van der Waals surface area (Å²) in [4.78, 5) is 16.6. The maximum absolute atomic E-state index is 10.6. The van der Waals surface area contributed by atoms with Gasteiger partial charge in [0.1, 0.15) is 12.3 Å². The molecule has 4 aromatic heterocycles. The Hall–Kier alpha value is -5.26. The van der Waals surface area contributed by atoms with Gasteiger partial charge in [0.15, 0.2) is 28.2 Å². The van der Waals surface area contributed by atoms with Crippen LogP contribution in [0.2, 0.25) is 0 Å². The number of aliphatic hydroxyl groups is 1. The average Bonchev–Trinajstić information content (AvgIpc) is 3.57. The van der Waals surface area contributed by atoms with Crippen LogP contribution < -0.4 is 19.9 Å². The van der Waals surface area contributed by atoms with Gasteiger partial charge in [0.2, 0.25) is 11.6 Å². The number of nitrogens with one attached hydrogen (secondary N) is 1. The van der Waals surface area contributed by atoms with Crippen molar-refractivity contribution in [3.63, 3.8) is 0 Å². The monoisotopic (exact) mass is 623 g/mol. The number of tetrazole rings is 1. The number of para-hydroxylation sites is 2. The number of nitrogen functional groups attached to an aromatic ring is 1. The molecule has 0 atom stereocenters. The summed E-state index contributed by atoms with van der Waals surface area (Å²) in [6.45, 7) is 3.72. The third kappa shape index (κ3) is 7.97. The Bertz CT molecular complexity index is 1790. The third-order valence-corrected chi connectivity index (χ3v) is 6.52. The average molecular weight is 624 g/mol. The second kappa shape index (κ2) is 14.3. The summed E-state index contributed by atoms with van der Waals surface area (Å²) in [5.74, 6) is 2.01. The number of benzene rings is 1. The summed E-state index contributed by atoms with van der Waals surface area (Å²) in [5.41, 5.74) is 8.20. The molecule has 0 bridgehead atoms. The van der Waals surface area contributed by atoms with Crippen molar-refractivity contribution in [2.24, 2.45) is 0 Å². The number of pyridine rings is 2. The van der Waals surface area contributed by atoms with E-state index < -0.39 is 10.1 Å². The molecule has 5 aromatic rings. The second-order valence-corrected chi connectivity index (χ2v) is 10.5. The number of aliphatic hydroxyl groups excluding tert-OH is 1. The summed E-state index contributed by atoms with van der Waals surface area (Å²) in [6.07, 6.45) is 3.02. The number of rotatable bonds is 10. The van der Waals surface area contributed by atoms with Crippen molar-refractivity contribution in [1.29, 1.82) is 0 Å². The fourth-order valence-corrected chi connectivity index (χ4v) is 4.00. The van der Waals surface area contributed by atoms with Gasteiger partial charge in [0.25, 0.3) is 5.88 Å². The van der Waals surface area contributed by atoms with Crippen molar-refractivity contribution in [3.8, 4) is 46.0 Å². The van der Waals surface area contributed by atoms with Crippen LogP contribution in [0.5, 0.6) is 23.1 Å². The van der Waals surface area contributed by atoms with Crippen LogP contribution in [0, 0.1) is 0 Å². The number of hydrogen-bond donors (Lipinski definition) is 4. The minimum Gasteiger partial charge on any atom is -0.493 e. The molecule has 0 fully saturated rings. The molecule has 0 spiro atoms. The van der Waals surface area contributed by atoms with Crippen molar-refractivity contribution < 1.29 is 32.3 Å². The number of methoxy groups -OCH3 is 1. The van der Waals surface area contributed by atoms with Crippen LogP contribution in [0.4, 0.5) is 5.82 Å². The van der Waals surface area contributed by atoms with Crippen LogP contribution in [0.25, 0.3) is 22.9 Å². The predicted molar refractivity (Wildman–Crippen MR) is 157 cm³/mol. The third-order valence-electron chi connectivity index (χ3n) is 5.75. The van der Waals surface area contributed by atoms with Crippen molar-refractivity contribution in [2.75, 3.05) is 26.1 Å². The lowest BCUT2D eigenvalue weighted by atomic mass is 10.1. The molecule has 0 saturated heterocycles. The van der Waals surface area contributed by atoms with Gasteiger partial charge in [-0.2, -0.15) is 18.6 Å². The van der Waals surface area contributed by atoms with Crippen LogP contribution in [0.15, 0.2) is 66.0 Å². The highest BCUT2D eigenvalue weighted by atomic mass is 32.2. The normalized spacial score (nSPS) is 11.0. The van der Waals surface area contributed by atoms with Crippen molar-refractivity contribution in [3.05, 3.63) is 66.5 Å². The van der Waals surface area contributed by atoms with E-state index in [9.17, 15) is 13.5 Å². The van der Waals surface area contributed by atoms with Gasteiger partial charge < -0.3 is 25.1 Å². The first-order valence-electron chi connectivity index (χ1n) is 13.0. The number of aromatic nitrogens is 8. The van der Waals surface area contributed by atoms with E-state index in [1.54, 1.807) is 42.6 Å². The molecule has 16 nitrogen and oxygen atoms in total. The zero-order valence-corrected chi connectivity index (χ0v) is 24.6. The molecule has 0 aliphatic rings. The Morgan fingerprint density at radius 2 is 1.80 bits per heavy atom. The Labute approximate surface area is 252 Å². The number of ether oxygens (including phenoxy) is 3. The van der Waals surface area contributed by atoms with Gasteiger partial charge in [-0.1, -0.05) is 32.0 Å². The zero-order valence-electron chi connectivity index (χ0n) is 23.8. The van der Waals surface area contributed by atoms with Crippen LogP contribution >= 0.6 is 0 Å². The molecule has 0 aliphatic heterocycles. The first-order chi connectivity index (χ1) is 21.1. The van der Waals surface area contributed by atoms with E-state index in [4.69, 9.17) is 24.5 Å².